The predicted molar refractivity (Wildman–Crippen MR) is 76.1 cm³/mol. The van der Waals surface area contributed by atoms with Gasteiger partial charge in [-0.2, -0.15) is 0 Å². The molecule has 0 atom stereocenters. The van der Waals surface area contributed by atoms with Crippen molar-refractivity contribution in [2.45, 2.75) is 6.54 Å². The van der Waals surface area contributed by atoms with E-state index in [1.54, 1.807) is 12.1 Å². The summed E-state index contributed by atoms with van der Waals surface area (Å²) in [7, 11) is 6.14. The Labute approximate surface area is 114 Å². The topological polar surface area (TPSA) is 19.7 Å². The number of hydrogen-bond acceptors (Lipinski definition) is 1. The van der Waals surface area contributed by atoms with Gasteiger partial charge in [0.05, 0.1) is 27.2 Å². The molecule has 0 aliphatic rings. The molecule has 0 saturated heterocycles. The SMILES string of the molecule is CN(Cc1ccc(F)cc1)C(=S)NCC[NH+](C)C. The minimum absolute atomic E-state index is 0.212. The first-order valence-electron chi connectivity index (χ1n) is 6.01. The van der Waals surface area contributed by atoms with E-state index in [2.05, 4.69) is 19.4 Å². The Morgan fingerprint density at radius 2 is 1.94 bits per heavy atom. The normalized spacial score (nSPS) is 10.5. The summed E-state index contributed by atoms with van der Waals surface area (Å²) in [5.74, 6) is -0.212. The van der Waals surface area contributed by atoms with E-state index in [4.69, 9.17) is 12.2 Å². The van der Waals surface area contributed by atoms with E-state index < -0.39 is 0 Å². The molecule has 18 heavy (non-hydrogen) atoms. The van der Waals surface area contributed by atoms with Crippen LogP contribution in [-0.4, -0.2) is 44.2 Å². The van der Waals surface area contributed by atoms with Crippen molar-refractivity contribution < 1.29 is 9.29 Å². The summed E-state index contributed by atoms with van der Waals surface area (Å²) in [5, 5.41) is 3.93. The fraction of sp³-hybridized carbons (Fsp3) is 0.462. The number of benzene rings is 1. The molecule has 5 heteroatoms. The molecule has 0 aliphatic carbocycles. The lowest BCUT2D eigenvalue weighted by atomic mass is 10.2. The van der Waals surface area contributed by atoms with Gasteiger partial charge in [-0.1, -0.05) is 12.1 Å². The van der Waals surface area contributed by atoms with Crippen LogP contribution in [0.1, 0.15) is 5.56 Å². The highest BCUT2D eigenvalue weighted by molar-refractivity contribution is 7.80. The average Bonchev–Trinajstić information content (AvgIpc) is 2.31. The summed E-state index contributed by atoms with van der Waals surface area (Å²) in [5.41, 5.74) is 1.04. The molecule has 0 unspecified atom stereocenters. The van der Waals surface area contributed by atoms with E-state index in [-0.39, 0.29) is 5.82 Å². The number of nitrogens with zero attached hydrogens (tertiary/aromatic N) is 1. The van der Waals surface area contributed by atoms with Crippen LogP contribution in [0.25, 0.3) is 0 Å². The number of hydrogen-bond donors (Lipinski definition) is 2. The molecule has 100 valence electrons. The molecular formula is C13H21FN3S+. The highest BCUT2D eigenvalue weighted by Crippen LogP contribution is 2.05. The quantitative estimate of drug-likeness (QED) is 0.750. The van der Waals surface area contributed by atoms with Crippen molar-refractivity contribution >= 4 is 17.3 Å². The van der Waals surface area contributed by atoms with Gasteiger partial charge in [0.2, 0.25) is 0 Å². The average molecular weight is 270 g/mol. The second-order valence-corrected chi connectivity index (χ2v) is 5.06. The van der Waals surface area contributed by atoms with Crippen LogP contribution in [-0.2, 0) is 6.54 Å². The largest absolute Gasteiger partial charge is 0.357 e. The number of nitrogens with one attached hydrogen (secondary N) is 2. The number of thiocarbonyl (C=S) groups is 1. The fourth-order valence-corrected chi connectivity index (χ4v) is 1.66. The lowest BCUT2D eigenvalue weighted by molar-refractivity contribution is -0.856. The summed E-state index contributed by atoms with van der Waals surface area (Å²) in [6.45, 7) is 2.56. The van der Waals surface area contributed by atoms with Crippen LogP contribution < -0.4 is 10.2 Å². The molecule has 1 rings (SSSR count). The molecule has 0 bridgehead atoms. The second-order valence-electron chi connectivity index (χ2n) is 4.67. The minimum Gasteiger partial charge on any atom is -0.357 e. The van der Waals surface area contributed by atoms with Gasteiger partial charge in [0.15, 0.2) is 5.11 Å². The maximum Gasteiger partial charge on any atom is 0.169 e. The lowest BCUT2D eigenvalue weighted by Crippen LogP contribution is -3.06. The van der Waals surface area contributed by atoms with Crippen molar-refractivity contribution in [1.82, 2.24) is 10.2 Å². The van der Waals surface area contributed by atoms with Crippen LogP contribution in [0, 0.1) is 5.82 Å². The molecule has 0 amide bonds. The summed E-state index contributed by atoms with van der Waals surface area (Å²) in [4.78, 5) is 3.33. The van der Waals surface area contributed by atoms with E-state index in [1.807, 2.05) is 11.9 Å². The molecule has 1 aromatic carbocycles. The van der Waals surface area contributed by atoms with Crippen LogP contribution in [0.15, 0.2) is 24.3 Å². The molecule has 0 spiro atoms. The summed E-state index contributed by atoms with van der Waals surface area (Å²) in [6.07, 6.45) is 0. The highest BCUT2D eigenvalue weighted by Gasteiger charge is 2.05. The van der Waals surface area contributed by atoms with E-state index in [1.165, 1.54) is 17.0 Å². The first-order valence-corrected chi connectivity index (χ1v) is 6.42. The van der Waals surface area contributed by atoms with Crippen molar-refractivity contribution in [2.75, 3.05) is 34.2 Å². The van der Waals surface area contributed by atoms with Crippen molar-refractivity contribution in [3.8, 4) is 0 Å². The summed E-state index contributed by atoms with van der Waals surface area (Å²) >= 11 is 5.29. The molecule has 0 fully saturated rings. The Kier molecular flexibility index (Phi) is 6.01. The van der Waals surface area contributed by atoms with E-state index in [9.17, 15) is 4.39 Å². The van der Waals surface area contributed by atoms with Gasteiger partial charge in [-0.05, 0) is 29.9 Å². The van der Waals surface area contributed by atoms with Crippen molar-refractivity contribution in [1.29, 1.82) is 0 Å². The molecule has 3 nitrogen and oxygen atoms in total. The lowest BCUT2D eigenvalue weighted by Gasteiger charge is -2.21. The van der Waals surface area contributed by atoms with Gasteiger partial charge >= 0.3 is 0 Å². The monoisotopic (exact) mass is 270 g/mol. The van der Waals surface area contributed by atoms with Crippen molar-refractivity contribution in [3.05, 3.63) is 35.6 Å². The number of quaternary nitrogens is 1. The first-order chi connectivity index (χ1) is 8.49. The standard InChI is InChI=1S/C13H20FN3S/c1-16(2)9-8-15-13(18)17(3)10-11-4-6-12(14)7-5-11/h4-7H,8-10H2,1-3H3,(H,15,18)/p+1. The zero-order chi connectivity index (χ0) is 13.5. The van der Waals surface area contributed by atoms with Crippen molar-refractivity contribution in [3.63, 3.8) is 0 Å². The van der Waals surface area contributed by atoms with E-state index in [0.717, 1.165) is 23.8 Å². The number of halogens is 1. The Morgan fingerprint density at radius 1 is 1.33 bits per heavy atom. The highest BCUT2D eigenvalue weighted by atomic mass is 32.1. The Balaban J connectivity index is 2.37. The zero-order valence-corrected chi connectivity index (χ0v) is 12.0. The third-order valence-electron chi connectivity index (χ3n) is 2.58. The van der Waals surface area contributed by atoms with Crippen LogP contribution in [0.4, 0.5) is 4.39 Å². The third-order valence-corrected chi connectivity index (χ3v) is 3.04. The van der Waals surface area contributed by atoms with Gasteiger partial charge in [0.25, 0.3) is 0 Å². The fourth-order valence-electron chi connectivity index (χ4n) is 1.49. The molecule has 0 saturated carbocycles. The summed E-state index contributed by atoms with van der Waals surface area (Å²) < 4.78 is 12.8. The molecule has 0 aliphatic heterocycles. The molecule has 0 aromatic heterocycles. The van der Waals surface area contributed by atoms with Crippen LogP contribution in [0.5, 0.6) is 0 Å². The summed E-state index contributed by atoms with van der Waals surface area (Å²) in [6, 6.07) is 6.49. The number of rotatable bonds is 5. The van der Waals surface area contributed by atoms with Crippen LogP contribution in [0.2, 0.25) is 0 Å². The van der Waals surface area contributed by atoms with E-state index in [0.29, 0.717) is 6.54 Å². The van der Waals surface area contributed by atoms with Gasteiger partial charge < -0.3 is 15.1 Å². The van der Waals surface area contributed by atoms with Crippen LogP contribution in [0.3, 0.4) is 0 Å². The van der Waals surface area contributed by atoms with Gasteiger partial charge in [-0.25, -0.2) is 4.39 Å². The molecule has 0 heterocycles. The Bertz CT molecular complexity index is 378. The minimum atomic E-state index is -0.212. The number of likely N-dealkylation sites (N-methyl/N-ethyl adjacent to an activating group) is 1. The second kappa shape index (κ2) is 7.28. The third kappa shape index (κ3) is 5.42. The molecule has 2 N–H and O–H groups in total. The molecule has 1 aromatic rings. The zero-order valence-electron chi connectivity index (χ0n) is 11.2. The Morgan fingerprint density at radius 3 is 2.50 bits per heavy atom. The van der Waals surface area contributed by atoms with Gasteiger partial charge in [-0.15, -0.1) is 0 Å². The van der Waals surface area contributed by atoms with Crippen LogP contribution >= 0.6 is 12.2 Å². The smallest absolute Gasteiger partial charge is 0.169 e. The molecular weight excluding hydrogens is 249 g/mol. The van der Waals surface area contributed by atoms with E-state index >= 15 is 0 Å². The van der Waals surface area contributed by atoms with Crippen molar-refractivity contribution in [2.24, 2.45) is 0 Å². The molecule has 0 radical (unpaired) electrons. The van der Waals surface area contributed by atoms with Gasteiger partial charge in [-0.3, -0.25) is 0 Å². The maximum atomic E-state index is 12.8. The van der Waals surface area contributed by atoms with Gasteiger partial charge in [0, 0.05) is 13.6 Å². The maximum absolute atomic E-state index is 12.8. The Hall–Kier alpha value is -1.20. The predicted octanol–water partition coefficient (Wildman–Crippen LogP) is 0.277. The van der Waals surface area contributed by atoms with Gasteiger partial charge in [0.1, 0.15) is 5.82 Å². The first kappa shape index (κ1) is 14.9.